The summed E-state index contributed by atoms with van der Waals surface area (Å²) in [6, 6.07) is -0.173. The predicted molar refractivity (Wildman–Crippen MR) is 90.5 cm³/mol. The van der Waals surface area contributed by atoms with Gasteiger partial charge in [-0.3, -0.25) is 4.79 Å². The van der Waals surface area contributed by atoms with Gasteiger partial charge in [0.1, 0.15) is 5.82 Å². The molecule has 1 aromatic heterocycles. The molecule has 0 spiro atoms. The zero-order valence-electron chi connectivity index (χ0n) is 14.7. The first-order chi connectivity index (χ1) is 11.3. The van der Waals surface area contributed by atoms with E-state index in [0.717, 1.165) is 25.2 Å². The van der Waals surface area contributed by atoms with Gasteiger partial charge in [0.2, 0.25) is 5.91 Å². The molecule has 0 unspecified atom stereocenters. The smallest absolute Gasteiger partial charge is 0.317 e. The molecule has 0 aliphatic carbocycles. The molecule has 2 saturated heterocycles. The SMILES string of the molecule is CC(C)(C)N1C[C@H](NC(=O)N2CCC[C@@H](c3ncc[nH]3)C2)CC1=O. The number of aromatic nitrogens is 2. The van der Waals surface area contributed by atoms with Crippen LogP contribution in [0.1, 0.15) is 51.8 Å². The Morgan fingerprint density at radius 2 is 2.17 bits per heavy atom. The third kappa shape index (κ3) is 3.55. The van der Waals surface area contributed by atoms with Gasteiger partial charge in [-0.2, -0.15) is 0 Å². The Morgan fingerprint density at radius 3 is 2.79 bits per heavy atom. The molecule has 0 saturated carbocycles. The maximum Gasteiger partial charge on any atom is 0.317 e. The van der Waals surface area contributed by atoms with Crippen LogP contribution in [-0.4, -0.2) is 62.9 Å². The molecule has 0 radical (unpaired) electrons. The van der Waals surface area contributed by atoms with Crippen molar-refractivity contribution < 1.29 is 9.59 Å². The fourth-order valence-corrected chi connectivity index (χ4v) is 3.60. The monoisotopic (exact) mass is 333 g/mol. The standard InChI is InChI=1S/C17H27N5O2/c1-17(2,3)22-11-13(9-14(22)23)20-16(24)21-8-4-5-12(10-21)15-18-6-7-19-15/h6-7,12-13H,4-5,8-11H2,1-3H3,(H,18,19)(H,20,24)/t12-,13-/m1/s1. The van der Waals surface area contributed by atoms with Crippen LogP contribution in [0.4, 0.5) is 4.79 Å². The third-order valence-electron chi connectivity index (χ3n) is 4.88. The number of piperidine rings is 1. The first-order valence-electron chi connectivity index (χ1n) is 8.70. The molecule has 24 heavy (non-hydrogen) atoms. The van der Waals surface area contributed by atoms with Crippen molar-refractivity contribution in [2.24, 2.45) is 0 Å². The summed E-state index contributed by atoms with van der Waals surface area (Å²) in [5, 5.41) is 3.04. The van der Waals surface area contributed by atoms with E-state index in [0.29, 0.717) is 19.5 Å². The van der Waals surface area contributed by atoms with Crippen LogP contribution < -0.4 is 5.32 Å². The van der Waals surface area contributed by atoms with Gasteiger partial charge in [0.05, 0.1) is 6.04 Å². The number of likely N-dealkylation sites (tertiary alicyclic amines) is 2. The van der Waals surface area contributed by atoms with Crippen LogP contribution in [0, 0.1) is 0 Å². The molecule has 2 atom stereocenters. The van der Waals surface area contributed by atoms with E-state index >= 15 is 0 Å². The van der Waals surface area contributed by atoms with E-state index in [1.54, 1.807) is 6.20 Å². The highest BCUT2D eigenvalue weighted by Crippen LogP contribution is 2.25. The lowest BCUT2D eigenvalue weighted by molar-refractivity contribution is -0.131. The summed E-state index contributed by atoms with van der Waals surface area (Å²) < 4.78 is 0. The second-order valence-corrected chi connectivity index (χ2v) is 7.79. The molecule has 0 aromatic carbocycles. The fourth-order valence-electron chi connectivity index (χ4n) is 3.60. The number of urea groups is 1. The molecular formula is C17H27N5O2. The van der Waals surface area contributed by atoms with Gasteiger partial charge in [0, 0.05) is 49.9 Å². The summed E-state index contributed by atoms with van der Waals surface area (Å²) in [5.74, 6) is 1.32. The van der Waals surface area contributed by atoms with E-state index < -0.39 is 0 Å². The average molecular weight is 333 g/mol. The van der Waals surface area contributed by atoms with Crippen molar-refractivity contribution in [3.05, 3.63) is 18.2 Å². The Morgan fingerprint density at radius 1 is 1.38 bits per heavy atom. The maximum atomic E-state index is 12.6. The lowest BCUT2D eigenvalue weighted by atomic mass is 9.97. The Bertz CT molecular complexity index is 593. The van der Waals surface area contributed by atoms with E-state index in [4.69, 9.17) is 0 Å². The van der Waals surface area contributed by atoms with E-state index in [2.05, 4.69) is 15.3 Å². The Kier molecular flexibility index (Phi) is 4.51. The molecule has 2 N–H and O–H groups in total. The minimum atomic E-state index is -0.202. The quantitative estimate of drug-likeness (QED) is 0.864. The van der Waals surface area contributed by atoms with Crippen LogP contribution in [0.15, 0.2) is 12.4 Å². The normalized spacial score (nSPS) is 25.2. The zero-order valence-corrected chi connectivity index (χ0v) is 14.7. The summed E-state index contributed by atoms with van der Waals surface area (Å²) in [6.45, 7) is 8.08. The summed E-state index contributed by atoms with van der Waals surface area (Å²) in [7, 11) is 0. The summed E-state index contributed by atoms with van der Waals surface area (Å²) >= 11 is 0. The highest BCUT2D eigenvalue weighted by molar-refractivity contribution is 5.82. The van der Waals surface area contributed by atoms with Crippen molar-refractivity contribution in [3.63, 3.8) is 0 Å². The van der Waals surface area contributed by atoms with E-state index in [9.17, 15) is 9.59 Å². The van der Waals surface area contributed by atoms with Crippen LogP contribution >= 0.6 is 0 Å². The van der Waals surface area contributed by atoms with Crippen molar-refractivity contribution in [1.82, 2.24) is 25.1 Å². The number of imidazole rings is 1. The molecule has 3 amide bonds. The molecule has 2 aliphatic rings. The van der Waals surface area contributed by atoms with Gasteiger partial charge < -0.3 is 20.1 Å². The van der Waals surface area contributed by atoms with Crippen molar-refractivity contribution >= 4 is 11.9 Å². The number of nitrogens with one attached hydrogen (secondary N) is 2. The first-order valence-corrected chi connectivity index (χ1v) is 8.70. The van der Waals surface area contributed by atoms with E-state index in [1.165, 1.54) is 0 Å². The van der Waals surface area contributed by atoms with Crippen LogP contribution in [-0.2, 0) is 4.79 Å². The number of amides is 3. The van der Waals surface area contributed by atoms with Gasteiger partial charge in [-0.25, -0.2) is 9.78 Å². The lowest BCUT2D eigenvalue weighted by Gasteiger charge is -2.34. The average Bonchev–Trinajstić information content (AvgIpc) is 3.16. The van der Waals surface area contributed by atoms with Crippen molar-refractivity contribution in [1.29, 1.82) is 0 Å². The molecule has 132 valence electrons. The van der Waals surface area contributed by atoms with Gasteiger partial charge in [0.15, 0.2) is 0 Å². The number of nitrogens with zero attached hydrogens (tertiary/aromatic N) is 3. The number of hydrogen-bond donors (Lipinski definition) is 2. The van der Waals surface area contributed by atoms with E-state index in [1.807, 2.05) is 36.8 Å². The van der Waals surface area contributed by atoms with Crippen LogP contribution in [0.3, 0.4) is 0 Å². The minimum absolute atomic E-state index is 0.0696. The highest BCUT2D eigenvalue weighted by Gasteiger charge is 2.37. The van der Waals surface area contributed by atoms with Gasteiger partial charge >= 0.3 is 6.03 Å². The topological polar surface area (TPSA) is 81.3 Å². The van der Waals surface area contributed by atoms with Crippen LogP contribution in [0.5, 0.6) is 0 Å². The summed E-state index contributed by atoms with van der Waals surface area (Å²) in [4.78, 5) is 35.9. The van der Waals surface area contributed by atoms with Gasteiger partial charge in [-0.05, 0) is 33.6 Å². The maximum absolute atomic E-state index is 12.6. The van der Waals surface area contributed by atoms with E-state index in [-0.39, 0.29) is 29.4 Å². The van der Waals surface area contributed by atoms with Gasteiger partial charge in [-0.1, -0.05) is 0 Å². The van der Waals surface area contributed by atoms with Gasteiger partial charge in [-0.15, -0.1) is 0 Å². The highest BCUT2D eigenvalue weighted by atomic mass is 16.2. The molecule has 7 nitrogen and oxygen atoms in total. The minimum Gasteiger partial charge on any atom is -0.348 e. The zero-order chi connectivity index (χ0) is 17.3. The predicted octanol–water partition coefficient (Wildman–Crippen LogP) is 1.70. The van der Waals surface area contributed by atoms with Gasteiger partial charge in [0.25, 0.3) is 0 Å². The molecule has 3 rings (SSSR count). The van der Waals surface area contributed by atoms with Crippen LogP contribution in [0.25, 0.3) is 0 Å². The van der Waals surface area contributed by atoms with Crippen molar-refractivity contribution in [3.8, 4) is 0 Å². The molecule has 1 aromatic rings. The third-order valence-corrected chi connectivity index (χ3v) is 4.88. The van der Waals surface area contributed by atoms with Crippen molar-refractivity contribution in [2.75, 3.05) is 19.6 Å². The number of H-pyrrole nitrogens is 1. The number of aromatic amines is 1. The largest absolute Gasteiger partial charge is 0.348 e. The summed E-state index contributed by atoms with van der Waals surface area (Å²) in [6.07, 6.45) is 5.96. The Labute approximate surface area is 142 Å². The fraction of sp³-hybridized carbons (Fsp3) is 0.706. The van der Waals surface area contributed by atoms with Crippen LogP contribution in [0.2, 0.25) is 0 Å². The first kappa shape index (κ1) is 16.8. The number of carbonyl (C=O) groups is 2. The Balaban J connectivity index is 1.56. The molecular weight excluding hydrogens is 306 g/mol. The van der Waals surface area contributed by atoms with Crippen molar-refractivity contribution in [2.45, 2.75) is 57.5 Å². The second kappa shape index (κ2) is 6.45. The Hall–Kier alpha value is -2.05. The second-order valence-electron chi connectivity index (χ2n) is 7.79. The number of hydrogen-bond acceptors (Lipinski definition) is 3. The lowest BCUT2D eigenvalue weighted by Crippen LogP contribution is -2.50. The molecule has 7 heteroatoms. The molecule has 0 bridgehead atoms. The number of carbonyl (C=O) groups excluding carboxylic acids is 2. The number of rotatable bonds is 2. The summed E-state index contributed by atoms with van der Waals surface area (Å²) in [5.41, 5.74) is -0.202. The molecule has 2 fully saturated rings. The molecule has 3 heterocycles. The molecule has 2 aliphatic heterocycles.